The van der Waals surface area contributed by atoms with Gasteiger partial charge in [-0.2, -0.15) is 0 Å². The summed E-state index contributed by atoms with van der Waals surface area (Å²) in [6.45, 7) is -1.43. The van der Waals surface area contributed by atoms with Crippen molar-refractivity contribution in [1.82, 2.24) is 0 Å². The molecule has 0 unspecified atom stereocenters. The number of ether oxygens (including phenoxy) is 4. The van der Waals surface area contributed by atoms with Crippen molar-refractivity contribution in [3.05, 3.63) is 40.6 Å². The van der Waals surface area contributed by atoms with Gasteiger partial charge in [0.1, 0.15) is 71.3 Å². The number of phenolic OH excluding ortho intramolecular Hbond substituents is 2. The van der Waals surface area contributed by atoms with Crippen LogP contribution >= 0.6 is 0 Å². The van der Waals surface area contributed by atoms with E-state index in [2.05, 4.69) is 0 Å². The molecule has 0 bridgehead atoms. The number of benzene rings is 2. The average Bonchev–Trinajstić information content (AvgIpc) is 3.00. The van der Waals surface area contributed by atoms with Gasteiger partial charge < -0.3 is 79.5 Å². The molecule has 2 aromatic carbocycles. The molecular weight excluding hydrogens is 596 g/mol. The van der Waals surface area contributed by atoms with Crippen LogP contribution in [0.15, 0.2) is 39.5 Å². The van der Waals surface area contributed by atoms with Crippen LogP contribution in [0.25, 0.3) is 22.3 Å². The number of aliphatic hydroxyl groups is 8. The Labute approximate surface area is 246 Å². The number of aliphatic hydroxyl groups excluding tert-OH is 8. The SMILES string of the molecule is O=c1c(O)c(-c2ccc(O[C@@H]3O[C@H](CO)[C@@H](O)[C@H](O)[C@@H]3O)c(O)c2)oc2cc(O[C@@H]3O[C@H](CO)[C@@H](O)[C@H](O)[C@H]3O)cc(O)c12. The molecule has 0 spiro atoms. The molecule has 17 heteroatoms. The topological polar surface area (TPSA) is 290 Å². The first-order valence-electron chi connectivity index (χ1n) is 13.2. The molecule has 3 heterocycles. The van der Waals surface area contributed by atoms with Gasteiger partial charge in [-0.15, -0.1) is 0 Å². The molecule has 2 aliphatic rings. The summed E-state index contributed by atoms with van der Waals surface area (Å²) in [6.07, 6.45) is -16.1. The highest BCUT2D eigenvalue weighted by Crippen LogP contribution is 2.39. The summed E-state index contributed by atoms with van der Waals surface area (Å²) in [5, 5.41) is 110. The highest BCUT2D eigenvalue weighted by Gasteiger charge is 2.46. The minimum absolute atomic E-state index is 0.0695. The fraction of sp³-hybridized carbons (Fsp3) is 0.444. The largest absolute Gasteiger partial charge is 0.507 e. The van der Waals surface area contributed by atoms with Crippen molar-refractivity contribution in [3.8, 4) is 40.1 Å². The van der Waals surface area contributed by atoms with Crippen LogP contribution in [0.4, 0.5) is 0 Å². The summed E-state index contributed by atoms with van der Waals surface area (Å²) >= 11 is 0. The number of rotatable bonds is 7. The first kappa shape index (κ1) is 31.7. The van der Waals surface area contributed by atoms with Gasteiger partial charge in [0.05, 0.1) is 13.2 Å². The van der Waals surface area contributed by atoms with Crippen LogP contribution in [0.3, 0.4) is 0 Å². The van der Waals surface area contributed by atoms with Crippen molar-refractivity contribution in [1.29, 1.82) is 0 Å². The van der Waals surface area contributed by atoms with Crippen LogP contribution in [0.1, 0.15) is 0 Å². The van der Waals surface area contributed by atoms with Crippen LogP contribution in [0.5, 0.6) is 28.7 Å². The lowest BCUT2D eigenvalue weighted by molar-refractivity contribution is -0.277. The molecule has 44 heavy (non-hydrogen) atoms. The van der Waals surface area contributed by atoms with Crippen molar-refractivity contribution < 1.29 is 79.5 Å². The van der Waals surface area contributed by atoms with Gasteiger partial charge in [0.25, 0.3) is 0 Å². The summed E-state index contributed by atoms with van der Waals surface area (Å²) in [5.41, 5.74) is -1.47. The maximum absolute atomic E-state index is 13.0. The van der Waals surface area contributed by atoms with E-state index in [-0.39, 0.29) is 22.6 Å². The Hall–Kier alpha value is -3.75. The van der Waals surface area contributed by atoms with Crippen molar-refractivity contribution in [2.45, 2.75) is 61.4 Å². The summed E-state index contributed by atoms with van der Waals surface area (Å²) in [5.74, 6) is -3.27. The minimum atomic E-state index is -1.78. The highest BCUT2D eigenvalue weighted by atomic mass is 16.7. The predicted molar refractivity (Wildman–Crippen MR) is 142 cm³/mol. The third-order valence-electron chi connectivity index (χ3n) is 7.34. The van der Waals surface area contributed by atoms with Crippen LogP contribution < -0.4 is 14.9 Å². The fourth-order valence-electron chi connectivity index (χ4n) is 4.88. The molecular formula is C27H30O17. The van der Waals surface area contributed by atoms with Crippen LogP contribution in [0, 0.1) is 0 Å². The molecule has 10 atom stereocenters. The second-order valence-electron chi connectivity index (χ2n) is 10.2. The molecule has 2 saturated heterocycles. The number of phenols is 2. The zero-order valence-electron chi connectivity index (χ0n) is 22.4. The average molecular weight is 627 g/mol. The van der Waals surface area contributed by atoms with E-state index in [0.717, 1.165) is 24.3 Å². The molecule has 2 aliphatic heterocycles. The Bertz CT molecular complexity index is 1550. The molecule has 0 aliphatic carbocycles. The summed E-state index contributed by atoms with van der Waals surface area (Å²) < 4.78 is 27.1. The molecule has 0 amide bonds. The maximum atomic E-state index is 13.0. The van der Waals surface area contributed by atoms with E-state index < -0.39 is 108 Å². The van der Waals surface area contributed by atoms with E-state index in [1.807, 2.05) is 0 Å². The Balaban J connectivity index is 1.44. The van der Waals surface area contributed by atoms with Crippen LogP contribution in [0.2, 0.25) is 0 Å². The standard InChI is InChI=1S/C27H30O17/c28-6-14-17(32)20(35)23(38)26(43-14)40-9-4-11(31)16-13(5-9)41-25(22(37)19(16)34)8-1-2-12(10(30)3-8)42-27-24(39)21(36)18(33)15(7-29)44-27/h1-5,14-15,17-18,20-21,23-24,26-33,35-39H,6-7H2/t14-,15-,17-,18-,20+,21+,23-,24+,26-,27-/m1/s1. The third kappa shape index (κ3) is 5.61. The van der Waals surface area contributed by atoms with Gasteiger partial charge in [-0.25, -0.2) is 0 Å². The molecule has 11 N–H and O–H groups in total. The Kier molecular flexibility index (Phi) is 8.87. The van der Waals surface area contributed by atoms with Crippen molar-refractivity contribution in [3.63, 3.8) is 0 Å². The number of hydrogen-bond acceptors (Lipinski definition) is 17. The first-order valence-corrected chi connectivity index (χ1v) is 13.2. The second kappa shape index (κ2) is 12.3. The summed E-state index contributed by atoms with van der Waals surface area (Å²) in [7, 11) is 0. The predicted octanol–water partition coefficient (Wildman–Crippen LogP) is -3.07. The molecule has 3 aromatic rings. The zero-order valence-corrected chi connectivity index (χ0v) is 22.4. The smallest absolute Gasteiger partial charge is 0.238 e. The van der Waals surface area contributed by atoms with Crippen molar-refractivity contribution in [2.24, 2.45) is 0 Å². The monoisotopic (exact) mass is 626 g/mol. The zero-order chi connectivity index (χ0) is 32.0. The van der Waals surface area contributed by atoms with E-state index in [0.29, 0.717) is 0 Å². The van der Waals surface area contributed by atoms with Gasteiger partial charge in [-0.05, 0) is 18.2 Å². The molecule has 5 rings (SSSR count). The number of hydrogen-bond donors (Lipinski definition) is 11. The first-order chi connectivity index (χ1) is 20.9. The molecule has 0 radical (unpaired) electrons. The fourth-order valence-corrected chi connectivity index (χ4v) is 4.88. The van der Waals surface area contributed by atoms with E-state index in [1.165, 1.54) is 6.07 Å². The van der Waals surface area contributed by atoms with Crippen molar-refractivity contribution >= 4 is 11.0 Å². The van der Waals surface area contributed by atoms with E-state index in [1.54, 1.807) is 0 Å². The van der Waals surface area contributed by atoms with Gasteiger partial charge >= 0.3 is 0 Å². The van der Waals surface area contributed by atoms with Gasteiger partial charge in [0.15, 0.2) is 17.3 Å². The Morgan fingerprint density at radius 1 is 0.682 bits per heavy atom. The lowest BCUT2D eigenvalue weighted by Crippen LogP contribution is -2.60. The highest BCUT2D eigenvalue weighted by molar-refractivity contribution is 5.88. The molecule has 2 fully saturated rings. The maximum Gasteiger partial charge on any atom is 0.238 e. The molecule has 0 saturated carbocycles. The van der Waals surface area contributed by atoms with Crippen LogP contribution in [-0.2, 0) is 9.47 Å². The van der Waals surface area contributed by atoms with Crippen molar-refractivity contribution in [2.75, 3.05) is 13.2 Å². The normalized spacial score (nSPS) is 32.5. The quantitative estimate of drug-likeness (QED) is 0.124. The summed E-state index contributed by atoms with van der Waals surface area (Å²) in [4.78, 5) is 13.0. The third-order valence-corrected chi connectivity index (χ3v) is 7.34. The van der Waals surface area contributed by atoms with E-state index >= 15 is 0 Å². The summed E-state index contributed by atoms with van der Waals surface area (Å²) in [6, 6.07) is 5.42. The number of fused-ring (bicyclic) bond motifs is 1. The van der Waals surface area contributed by atoms with E-state index in [4.69, 9.17) is 23.4 Å². The lowest BCUT2D eigenvalue weighted by atomic mass is 9.99. The van der Waals surface area contributed by atoms with Gasteiger partial charge in [-0.1, -0.05) is 0 Å². The van der Waals surface area contributed by atoms with Gasteiger partial charge in [0, 0.05) is 17.7 Å². The van der Waals surface area contributed by atoms with Gasteiger partial charge in [-0.3, -0.25) is 4.79 Å². The Morgan fingerprint density at radius 2 is 1.25 bits per heavy atom. The number of aromatic hydroxyl groups is 3. The van der Waals surface area contributed by atoms with E-state index in [9.17, 15) is 61.0 Å². The lowest BCUT2D eigenvalue weighted by Gasteiger charge is -2.39. The Morgan fingerprint density at radius 3 is 1.80 bits per heavy atom. The van der Waals surface area contributed by atoms with Gasteiger partial charge in [0.2, 0.25) is 23.8 Å². The minimum Gasteiger partial charge on any atom is -0.507 e. The molecule has 17 nitrogen and oxygen atoms in total. The molecule has 1 aromatic heterocycles. The second-order valence-corrected chi connectivity index (χ2v) is 10.2. The molecule has 240 valence electrons. The van der Waals surface area contributed by atoms with Crippen LogP contribution in [-0.4, -0.2) is 131 Å².